The quantitative estimate of drug-likeness (QED) is 0.150. The molecule has 1 saturated heterocycles. The van der Waals surface area contributed by atoms with E-state index in [1.807, 2.05) is 4.61 Å². The number of aromatic hydroxyl groups is 1. The molecule has 1 fully saturated rings. The van der Waals surface area contributed by atoms with Crippen LogP contribution in [-0.2, 0) is 19.9 Å². The van der Waals surface area contributed by atoms with Crippen molar-refractivity contribution in [2.24, 2.45) is 0 Å². The smallest absolute Gasteiger partial charge is 0.0146 e. The van der Waals surface area contributed by atoms with E-state index in [-0.39, 0.29) is 6.10 Å². The van der Waals surface area contributed by atoms with Crippen LogP contribution in [0.15, 0.2) is 42.5 Å². The molecule has 0 aliphatic carbocycles. The number of aryl methyl sites for hydroxylation is 7. The largest absolute Gasteiger partial charge is 0.502 e. The Balaban J connectivity index is 0.000000231. The molecule has 1 heterocycles. The number of aliphatic hydroxyl groups is 1. The van der Waals surface area contributed by atoms with Crippen LogP contribution in [0.5, 0.6) is 5.75 Å². The molecule has 0 amide bonds. The second-order valence-corrected chi connectivity index (χ2v) is 16.5. The topological polar surface area (TPSA) is 19.3 Å². The number of hydrogen-bond acceptors (Lipinski definition) is 2. The van der Waals surface area contributed by atoms with Gasteiger partial charge in [-0.3, -0.25) is 0 Å². The van der Waals surface area contributed by atoms with Crippen LogP contribution < -0.4 is 9.80 Å². The van der Waals surface area contributed by atoms with E-state index in [4.69, 9.17) is 19.4 Å². The van der Waals surface area contributed by atoms with E-state index in [1.54, 1.807) is 0 Å². The molecular formula is C33H44Cl2N2ORu. The van der Waals surface area contributed by atoms with Gasteiger partial charge in [-0.15, -0.1) is 0 Å². The number of ether oxygens (including phenoxy) is 1. The molecule has 1 aliphatic rings. The molecule has 1 aliphatic heterocycles. The molecule has 0 unspecified atom stereocenters. The van der Waals surface area contributed by atoms with Crippen molar-refractivity contribution in [3.8, 4) is 5.75 Å². The van der Waals surface area contributed by atoms with E-state index < -0.39 is 13.5 Å². The van der Waals surface area contributed by atoms with Crippen LogP contribution in [0.3, 0.4) is 0 Å². The summed E-state index contributed by atoms with van der Waals surface area (Å²) in [7, 11) is 11.9. The summed E-state index contributed by atoms with van der Waals surface area (Å²) in [6.07, 6.45) is 1.30. The van der Waals surface area contributed by atoms with Gasteiger partial charge >= 0.3 is 111 Å². The summed E-state index contributed by atoms with van der Waals surface area (Å²) in [6, 6.07) is 15.4. The molecule has 3 aromatic carbocycles. The molecule has 214 valence electrons. The monoisotopic (exact) mass is 656 g/mol. The molecule has 3 nitrogen and oxygen atoms in total. The third-order valence-corrected chi connectivity index (χ3v) is 8.62. The molecule has 0 aromatic heterocycles. The zero-order valence-electron chi connectivity index (χ0n) is 24.8. The summed E-state index contributed by atoms with van der Waals surface area (Å²) in [4.78, 5) is 4.81. The van der Waals surface area contributed by atoms with Gasteiger partial charge in [0.25, 0.3) is 0 Å². The van der Waals surface area contributed by atoms with Gasteiger partial charge < -0.3 is 9.80 Å². The van der Waals surface area contributed by atoms with E-state index in [0.717, 1.165) is 30.8 Å². The Morgan fingerprint density at radius 3 is 1.67 bits per heavy atom. The molecule has 3 aromatic rings. The first-order valence-corrected chi connectivity index (χ1v) is 19.1. The Morgan fingerprint density at radius 2 is 1.28 bits per heavy atom. The van der Waals surface area contributed by atoms with E-state index in [0.29, 0.717) is 0 Å². The first kappa shape index (κ1) is 31.7. The molecule has 6 heteroatoms. The van der Waals surface area contributed by atoms with Gasteiger partial charge in [0.15, 0.2) is 0 Å². The molecule has 0 bridgehead atoms. The summed E-state index contributed by atoms with van der Waals surface area (Å²) < 4.78 is 6.53. The van der Waals surface area contributed by atoms with Crippen molar-refractivity contribution in [3.63, 3.8) is 0 Å². The zero-order valence-corrected chi connectivity index (χ0v) is 28.1. The molecule has 39 heavy (non-hydrogen) atoms. The van der Waals surface area contributed by atoms with Crippen molar-refractivity contribution >= 4 is 35.4 Å². The maximum absolute atomic E-state index is 5.93. The van der Waals surface area contributed by atoms with Gasteiger partial charge in [-0.1, -0.05) is 35.4 Å². The van der Waals surface area contributed by atoms with Crippen LogP contribution in [0.4, 0.5) is 11.4 Å². The van der Waals surface area contributed by atoms with Gasteiger partial charge in [0.1, 0.15) is 0 Å². The number of anilines is 2. The normalized spacial score (nSPS) is 13.4. The summed E-state index contributed by atoms with van der Waals surface area (Å²) in [6.45, 7) is 23.8. The fourth-order valence-electron chi connectivity index (χ4n) is 5.47. The van der Waals surface area contributed by atoms with Gasteiger partial charge in [-0.05, 0) is 63.8 Å². The number of benzene rings is 3. The van der Waals surface area contributed by atoms with Crippen LogP contribution in [0.25, 0.3) is 0 Å². The van der Waals surface area contributed by atoms with Crippen LogP contribution in [0.1, 0.15) is 65.3 Å². The molecule has 0 spiro atoms. The number of halogens is 2. The third-order valence-electron chi connectivity index (χ3n) is 6.79. The first-order valence-electron chi connectivity index (χ1n) is 13.6. The molecule has 1 N–H and O–H groups in total. The molecule has 0 saturated carbocycles. The third kappa shape index (κ3) is 8.56. The molecule has 0 atom stereocenters. The second-order valence-electron chi connectivity index (χ2n) is 10.8. The maximum Gasteiger partial charge on any atom is 0.0146 e. The fraction of sp³-hybridized carbons (Fsp3) is 0.394. The van der Waals surface area contributed by atoms with Gasteiger partial charge in [0.05, 0.1) is 0 Å². The molecule has 0 radical (unpaired) electrons. The van der Waals surface area contributed by atoms with E-state index in [9.17, 15) is 0 Å². The average Bonchev–Trinajstić information content (AvgIpc) is 3.27. The van der Waals surface area contributed by atoms with Crippen LogP contribution in [-0.4, -0.2) is 28.5 Å². The number of nitrogens with zero attached hydrogens (tertiary/aromatic N) is 2. The van der Waals surface area contributed by atoms with E-state index in [2.05, 4.69) is 126 Å². The molecule has 4 rings (SSSR count). The minimum atomic E-state index is -1.78. The van der Waals surface area contributed by atoms with E-state index >= 15 is 0 Å². The van der Waals surface area contributed by atoms with Gasteiger partial charge in [0.2, 0.25) is 0 Å². The van der Waals surface area contributed by atoms with Crippen molar-refractivity contribution in [2.75, 3.05) is 22.9 Å². The van der Waals surface area contributed by atoms with Gasteiger partial charge in [-0.25, -0.2) is 0 Å². The fourth-order valence-corrected chi connectivity index (χ4v) is 7.27. The first-order chi connectivity index (χ1) is 18.4. The Labute approximate surface area is 249 Å². The number of hydrogen-bond donors (Lipinski definition) is 0. The van der Waals surface area contributed by atoms with Crippen molar-refractivity contribution < 1.29 is 18.3 Å². The van der Waals surface area contributed by atoms with Crippen molar-refractivity contribution in [2.45, 2.75) is 74.8 Å². The standard InChI is InChI=1S/C21H27N2.C12H16O.2ClH.Ru/c1-14-9-16(3)20(17(4)10-14)22-7-8-23(13-22)21-18(5)11-15(2)12-19(21)6;1-5-11-6-7-12(10(4)8-11)13-9(2)3;;;/h9-13H,7-8H2,1-6H3;4,6-9H,5H2,1-3H3;2*1H;/q-1;;;;+2/p-1. The van der Waals surface area contributed by atoms with Gasteiger partial charge in [0, 0.05) is 24.5 Å². The number of rotatable bonds is 6. The maximum atomic E-state index is 5.93. The summed E-state index contributed by atoms with van der Waals surface area (Å²) in [5.41, 5.74) is 13.2. The summed E-state index contributed by atoms with van der Waals surface area (Å²) in [5, 5.41) is 0. The van der Waals surface area contributed by atoms with Crippen LogP contribution >= 0.6 is 19.4 Å². The summed E-state index contributed by atoms with van der Waals surface area (Å²) >= 11 is -1.78. The second kappa shape index (κ2) is 14.2. The molecular weight excluding hydrogens is 612 g/mol. The minimum Gasteiger partial charge on any atom is -0.502 e. The van der Waals surface area contributed by atoms with Crippen molar-refractivity contribution in [3.05, 3.63) is 93.6 Å². The SMILES string of the molecule is CCc1ccc([OH+]C(C)C)c([CH]=[Ru]([Cl])[Cl])c1.Cc1cc(C)c(N2[CH-]N(c3c(C)cc(C)cc3C)CC2)c(C)c1. The van der Waals surface area contributed by atoms with Crippen molar-refractivity contribution in [1.82, 2.24) is 0 Å². The summed E-state index contributed by atoms with van der Waals surface area (Å²) in [5.74, 6) is 0.993. The van der Waals surface area contributed by atoms with Crippen LogP contribution in [0.2, 0.25) is 0 Å². The van der Waals surface area contributed by atoms with Crippen molar-refractivity contribution in [1.29, 1.82) is 0 Å². The average molecular weight is 657 g/mol. The predicted molar refractivity (Wildman–Crippen MR) is 170 cm³/mol. The minimum absolute atomic E-state index is 0.283. The Hall–Kier alpha value is -1.87. The zero-order chi connectivity index (χ0) is 28.9. The van der Waals surface area contributed by atoms with Gasteiger partial charge in [-0.2, -0.15) is 6.67 Å². The van der Waals surface area contributed by atoms with Crippen LogP contribution in [0, 0.1) is 48.2 Å². The Kier molecular flexibility index (Phi) is 11.5. The Morgan fingerprint density at radius 1 is 0.821 bits per heavy atom. The predicted octanol–water partition coefficient (Wildman–Crippen LogP) is 8.96. The Bertz CT molecular complexity index is 1220. The van der Waals surface area contributed by atoms with E-state index in [1.165, 1.54) is 50.3 Å².